The van der Waals surface area contributed by atoms with Crippen LogP contribution < -0.4 is 5.63 Å². The number of hydrogen-bond acceptors (Lipinski definition) is 3. The molecule has 0 saturated carbocycles. The Morgan fingerprint density at radius 3 is 2.74 bits per heavy atom. The van der Waals surface area contributed by atoms with Crippen LogP contribution in [-0.2, 0) is 0 Å². The summed E-state index contributed by atoms with van der Waals surface area (Å²) < 4.78 is 13.1. The van der Waals surface area contributed by atoms with Gasteiger partial charge < -0.3 is 9.52 Å². The van der Waals surface area contributed by atoms with E-state index in [9.17, 15) is 9.90 Å². The maximum Gasteiger partial charge on any atom is 0.336 e. The molecule has 2 aromatic carbocycles. The fourth-order valence-corrected chi connectivity index (χ4v) is 2.16. The predicted octanol–water partition coefficient (Wildman–Crippen LogP) is 3.47. The van der Waals surface area contributed by atoms with Crippen LogP contribution in [0, 0.1) is 6.92 Å². The second-order valence-electron chi connectivity index (χ2n) is 4.38. The maximum atomic E-state index is 11.8. The largest absolute Gasteiger partial charge is 0.508 e. The predicted molar refractivity (Wildman–Crippen MR) is 74.3 cm³/mol. The molecule has 94 valence electrons. The third-order valence-electron chi connectivity index (χ3n) is 3.08. The van der Waals surface area contributed by atoms with E-state index in [2.05, 4.69) is 0 Å². The Morgan fingerprint density at radius 1 is 1.16 bits per heavy atom. The van der Waals surface area contributed by atoms with E-state index in [1.54, 1.807) is 6.07 Å². The van der Waals surface area contributed by atoms with Gasteiger partial charge in [-0.05, 0) is 30.2 Å². The van der Waals surface area contributed by atoms with E-state index in [0.29, 0.717) is 10.9 Å². The Labute approximate surface area is 111 Å². The Bertz CT molecular complexity index is 865. The highest BCUT2D eigenvalue weighted by Crippen LogP contribution is 2.30. The molecule has 3 nitrogen and oxygen atoms in total. The van der Waals surface area contributed by atoms with Crippen molar-refractivity contribution < 1.29 is 10.9 Å². The van der Waals surface area contributed by atoms with Crippen molar-refractivity contribution in [2.45, 2.75) is 6.92 Å². The molecule has 1 N–H and O–H groups in total. The third kappa shape index (κ3) is 1.99. The first-order valence-electron chi connectivity index (χ1n) is 6.40. The molecule has 0 radical (unpaired) electrons. The standard InChI is InChI=1S/C16H12O3/c1-10-4-2-3-5-12(10)14-9-16(18)19-15-8-11(17)6-7-13(14)15/h2-9,17H,1H3/i9D. The van der Waals surface area contributed by atoms with Crippen molar-refractivity contribution in [1.29, 1.82) is 0 Å². The lowest BCUT2D eigenvalue weighted by atomic mass is 9.98. The summed E-state index contributed by atoms with van der Waals surface area (Å²) in [5.74, 6) is 0.0223. The number of phenols is 1. The molecule has 0 spiro atoms. The van der Waals surface area contributed by atoms with Gasteiger partial charge in [0.05, 0.1) is 1.37 Å². The van der Waals surface area contributed by atoms with Crippen molar-refractivity contribution in [3.63, 3.8) is 0 Å². The molecule has 0 amide bonds. The summed E-state index contributed by atoms with van der Waals surface area (Å²) in [4.78, 5) is 11.8. The van der Waals surface area contributed by atoms with Gasteiger partial charge in [-0.1, -0.05) is 24.3 Å². The summed E-state index contributed by atoms with van der Waals surface area (Å²) in [7, 11) is 0. The summed E-state index contributed by atoms with van der Waals surface area (Å²) in [6, 6.07) is 12.0. The van der Waals surface area contributed by atoms with Crippen LogP contribution >= 0.6 is 0 Å². The van der Waals surface area contributed by atoms with Crippen LogP contribution in [0.25, 0.3) is 22.1 Å². The summed E-state index contributed by atoms with van der Waals surface area (Å²) in [5, 5.41) is 10.1. The lowest BCUT2D eigenvalue weighted by Crippen LogP contribution is -1.98. The molecule has 3 heteroatoms. The van der Waals surface area contributed by atoms with Gasteiger partial charge in [-0.25, -0.2) is 4.79 Å². The number of phenolic OH excluding ortho intramolecular Hbond substituents is 1. The van der Waals surface area contributed by atoms with Crippen LogP contribution in [0.5, 0.6) is 5.75 Å². The van der Waals surface area contributed by atoms with E-state index in [1.165, 1.54) is 12.1 Å². The van der Waals surface area contributed by atoms with E-state index < -0.39 is 5.63 Å². The zero-order valence-electron chi connectivity index (χ0n) is 11.3. The molecule has 0 aliphatic heterocycles. The van der Waals surface area contributed by atoms with Crippen molar-refractivity contribution >= 4 is 11.0 Å². The van der Waals surface area contributed by atoms with Crippen LogP contribution in [0.3, 0.4) is 0 Å². The monoisotopic (exact) mass is 253 g/mol. The minimum atomic E-state index is -0.707. The van der Waals surface area contributed by atoms with Crippen LogP contribution in [0.4, 0.5) is 0 Å². The Kier molecular flexibility index (Phi) is 2.34. The summed E-state index contributed by atoms with van der Waals surface area (Å²) in [5.41, 5.74) is 1.90. The molecule has 0 bridgehead atoms. The van der Waals surface area contributed by atoms with Crippen molar-refractivity contribution in [2.75, 3.05) is 0 Å². The van der Waals surface area contributed by atoms with Crippen molar-refractivity contribution in [3.8, 4) is 16.9 Å². The summed E-state index contributed by atoms with van der Waals surface area (Å²) in [6.07, 6.45) is 0. The highest BCUT2D eigenvalue weighted by Gasteiger charge is 2.09. The lowest BCUT2D eigenvalue weighted by molar-refractivity contribution is 0.473. The van der Waals surface area contributed by atoms with Crippen LogP contribution in [0.1, 0.15) is 6.93 Å². The van der Waals surface area contributed by atoms with E-state index in [0.717, 1.165) is 11.1 Å². The molecular formula is C16H12O3. The van der Waals surface area contributed by atoms with Gasteiger partial charge in [-0.15, -0.1) is 0 Å². The molecule has 0 atom stereocenters. The van der Waals surface area contributed by atoms with Gasteiger partial charge >= 0.3 is 5.63 Å². The third-order valence-corrected chi connectivity index (χ3v) is 3.08. The number of rotatable bonds is 1. The molecule has 0 unspecified atom stereocenters. The number of aryl methyl sites for hydroxylation is 1. The van der Waals surface area contributed by atoms with Gasteiger partial charge in [0.15, 0.2) is 0 Å². The molecular weight excluding hydrogens is 240 g/mol. The SMILES string of the molecule is [2H]c1c(-c2ccccc2C)c2ccc(O)cc2oc1=O. The normalized spacial score (nSPS) is 11.5. The number of aromatic hydroxyl groups is 1. The zero-order valence-corrected chi connectivity index (χ0v) is 10.3. The smallest absolute Gasteiger partial charge is 0.336 e. The van der Waals surface area contributed by atoms with Crippen LogP contribution in [0.2, 0.25) is 0 Å². The van der Waals surface area contributed by atoms with Gasteiger partial charge in [-0.3, -0.25) is 0 Å². The average molecular weight is 253 g/mol. The van der Waals surface area contributed by atoms with Gasteiger partial charge in [-0.2, -0.15) is 0 Å². The van der Waals surface area contributed by atoms with Crippen molar-refractivity contribution in [1.82, 2.24) is 0 Å². The molecule has 3 aromatic rings. The van der Waals surface area contributed by atoms with E-state index in [4.69, 9.17) is 5.79 Å². The molecule has 0 aliphatic rings. The fourth-order valence-electron chi connectivity index (χ4n) is 2.16. The zero-order chi connectivity index (χ0) is 14.3. The minimum absolute atomic E-state index is 0.0223. The maximum absolute atomic E-state index is 11.8. The summed E-state index contributed by atoms with van der Waals surface area (Å²) in [6.45, 7) is 1.93. The molecule has 0 fully saturated rings. The first-order valence-corrected chi connectivity index (χ1v) is 5.90. The fraction of sp³-hybridized carbons (Fsp3) is 0.0625. The van der Waals surface area contributed by atoms with Gasteiger partial charge in [0.25, 0.3) is 0 Å². The lowest BCUT2D eigenvalue weighted by Gasteiger charge is -2.08. The molecule has 0 saturated heterocycles. The average Bonchev–Trinajstić information content (AvgIpc) is 2.42. The van der Waals surface area contributed by atoms with Gasteiger partial charge in [0.2, 0.25) is 0 Å². The Balaban J connectivity index is 2.49. The van der Waals surface area contributed by atoms with Crippen LogP contribution in [-0.4, -0.2) is 5.11 Å². The van der Waals surface area contributed by atoms with E-state index in [1.807, 2.05) is 31.2 Å². The Morgan fingerprint density at radius 2 is 1.95 bits per heavy atom. The topological polar surface area (TPSA) is 50.4 Å². The molecule has 0 aliphatic carbocycles. The first kappa shape index (κ1) is 10.4. The second kappa shape index (κ2) is 4.28. The first-order chi connectivity index (χ1) is 9.58. The quantitative estimate of drug-likeness (QED) is 0.675. The Hall–Kier alpha value is -2.55. The van der Waals surface area contributed by atoms with Crippen molar-refractivity contribution in [3.05, 3.63) is 64.5 Å². The highest BCUT2D eigenvalue weighted by molar-refractivity contribution is 5.94. The molecule has 3 rings (SSSR count). The number of benzene rings is 2. The van der Waals surface area contributed by atoms with Gasteiger partial charge in [0, 0.05) is 23.1 Å². The van der Waals surface area contributed by atoms with E-state index in [-0.39, 0.29) is 17.4 Å². The number of hydrogen-bond donors (Lipinski definition) is 1. The molecule has 1 aromatic heterocycles. The molecule has 19 heavy (non-hydrogen) atoms. The van der Waals surface area contributed by atoms with E-state index >= 15 is 0 Å². The summed E-state index contributed by atoms with van der Waals surface area (Å²) >= 11 is 0. The minimum Gasteiger partial charge on any atom is -0.508 e. The molecule has 1 heterocycles. The number of fused-ring (bicyclic) bond motifs is 1. The highest BCUT2D eigenvalue weighted by atomic mass is 16.4. The van der Waals surface area contributed by atoms with Gasteiger partial charge in [0.1, 0.15) is 11.3 Å². The second-order valence-corrected chi connectivity index (χ2v) is 4.38. The van der Waals surface area contributed by atoms with Crippen molar-refractivity contribution in [2.24, 2.45) is 0 Å². The van der Waals surface area contributed by atoms with Crippen LogP contribution in [0.15, 0.2) is 57.7 Å².